The second-order valence-corrected chi connectivity index (χ2v) is 2.79. The van der Waals surface area contributed by atoms with Crippen molar-refractivity contribution in [2.75, 3.05) is 17.3 Å². The summed E-state index contributed by atoms with van der Waals surface area (Å²) in [6, 6.07) is 2.55. The molecular formula is C7H10N6O3. The van der Waals surface area contributed by atoms with Gasteiger partial charge >= 0.3 is 5.69 Å². The lowest BCUT2D eigenvalue weighted by atomic mass is 10.3. The molecule has 1 aromatic heterocycles. The molecule has 0 atom stereocenters. The lowest BCUT2D eigenvalue weighted by Crippen LogP contribution is -2.23. The van der Waals surface area contributed by atoms with Crippen LogP contribution in [0, 0.1) is 10.1 Å². The number of nitrogen functional groups attached to an aromatic ring is 1. The van der Waals surface area contributed by atoms with Gasteiger partial charge in [-0.15, -0.1) is 0 Å². The van der Waals surface area contributed by atoms with E-state index in [0.717, 1.165) is 0 Å². The summed E-state index contributed by atoms with van der Waals surface area (Å²) >= 11 is 0. The molecule has 1 amide bonds. The van der Waals surface area contributed by atoms with Crippen molar-refractivity contribution in [3.05, 3.63) is 22.2 Å². The van der Waals surface area contributed by atoms with Gasteiger partial charge in [0.15, 0.2) is 0 Å². The van der Waals surface area contributed by atoms with Crippen molar-refractivity contribution in [1.29, 1.82) is 0 Å². The Morgan fingerprint density at radius 3 is 2.75 bits per heavy atom. The highest BCUT2D eigenvalue weighted by molar-refractivity contribution is 5.79. The van der Waals surface area contributed by atoms with E-state index >= 15 is 0 Å². The van der Waals surface area contributed by atoms with Gasteiger partial charge in [-0.2, -0.15) is 0 Å². The predicted molar refractivity (Wildman–Crippen MR) is 56.4 cm³/mol. The van der Waals surface area contributed by atoms with Gasteiger partial charge in [-0.05, 0) is 6.07 Å². The Kier molecular flexibility index (Phi) is 3.56. The number of amides is 1. The van der Waals surface area contributed by atoms with Gasteiger partial charge in [0, 0.05) is 6.07 Å². The van der Waals surface area contributed by atoms with Gasteiger partial charge in [-0.1, -0.05) is 0 Å². The Morgan fingerprint density at radius 1 is 1.56 bits per heavy atom. The highest BCUT2D eigenvalue weighted by atomic mass is 16.6. The van der Waals surface area contributed by atoms with Crippen LogP contribution in [-0.4, -0.2) is 22.4 Å². The Morgan fingerprint density at radius 2 is 2.25 bits per heavy atom. The minimum atomic E-state index is -0.651. The quantitative estimate of drug-likeness (QED) is 0.291. The minimum absolute atomic E-state index is 0.0701. The number of carbonyl (C=O) groups is 1. The molecule has 0 saturated carbocycles. The van der Waals surface area contributed by atoms with Gasteiger partial charge < -0.3 is 16.5 Å². The van der Waals surface area contributed by atoms with E-state index in [4.69, 9.17) is 11.6 Å². The summed E-state index contributed by atoms with van der Waals surface area (Å²) in [6.45, 7) is -0.248. The summed E-state index contributed by atoms with van der Waals surface area (Å²) in [5.41, 5.74) is 6.87. The second kappa shape index (κ2) is 4.89. The number of hydrogen-bond acceptors (Lipinski definition) is 7. The molecule has 0 spiro atoms. The van der Waals surface area contributed by atoms with Gasteiger partial charge in [0.2, 0.25) is 11.7 Å². The molecule has 9 nitrogen and oxygen atoms in total. The van der Waals surface area contributed by atoms with E-state index in [9.17, 15) is 14.9 Å². The number of primary amides is 1. The van der Waals surface area contributed by atoms with Crippen LogP contribution in [0.3, 0.4) is 0 Å². The third-order valence-electron chi connectivity index (χ3n) is 1.65. The minimum Gasteiger partial charge on any atom is -0.368 e. The highest BCUT2D eigenvalue weighted by Crippen LogP contribution is 2.23. The Bertz CT molecular complexity index is 421. The number of hydrazine groups is 1. The molecule has 0 radical (unpaired) electrons. The smallest absolute Gasteiger partial charge is 0.311 e. The van der Waals surface area contributed by atoms with Crippen molar-refractivity contribution in [3.63, 3.8) is 0 Å². The molecule has 0 aromatic carbocycles. The van der Waals surface area contributed by atoms with Crippen LogP contribution < -0.4 is 22.3 Å². The second-order valence-electron chi connectivity index (χ2n) is 2.79. The van der Waals surface area contributed by atoms with Crippen molar-refractivity contribution in [3.8, 4) is 0 Å². The molecule has 6 N–H and O–H groups in total. The number of anilines is 2. The summed E-state index contributed by atoms with van der Waals surface area (Å²) in [4.78, 5) is 24.3. The van der Waals surface area contributed by atoms with Crippen molar-refractivity contribution in [2.45, 2.75) is 0 Å². The van der Waals surface area contributed by atoms with Crippen LogP contribution in [0.4, 0.5) is 17.3 Å². The number of nitrogens with one attached hydrogen (secondary N) is 2. The summed E-state index contributed by atoms with van der Waals surface area (Å²) in [5.74, 6) is 4.61. The zero-order valence-electron chi connectivity index (χ0n) is 8.14. The lowest BCUT2D eigenvalue weighted by Gasteiger charge is -2.05. The molecule has 0 aliphatic heterocycles. The van der Waals surface area contributed by atoms with Crippen LogP contribution in [0.2, 0.25) is 0 Å². The molecule has 86 valence electrons. The largest absolute Gasteiger partial charge is 0.368 e. The Hall–Kier alpha value is -2.42. The van der Waals surface area contributed by atoms with Crippen LogP contribution in [-0.2, 0) is 4.79 Å². The van der Waals surface area contributed by atoms with Gasteiger partial charge in [0.1, 0.15) is 5.82 Å². The van der Waals surface area contributed by atoms with Crippen LogP contribution in [0.15, 0.2) is 12.1 Å². The number of carbonyl (C=O) groups excluding carboxylic acids is 1. The highest BCUT2D eigenvalue weighted by Gasteiger charge is 2.15. The lowest BCUT2D eigenvalue weighted by molar-refractivity contribution is -0.384. The third kappa shape index (κ3) is 2.78. The van der Waals surface area contributed by atoms with Gasteiger partial charge in [-0.3, -0.25) is 14.9 Å². The average molecular weight is 226 g/mol. The van der Waals surface area contributed by atoms with Gasteiger partial charge in [0.05, 0.1) is 11.5 Å². The molecule has 0 aliphatic rings. The topological polar surface area (TPSA) is 149 Å². The third-order valence-corrected chi connectivity index (χ3v) is 1.65. The average Bonchev–Trinajstić information content (AvgIpc) is 2.25. The van der Waals surface area contributed by atoms with E-state index in [1.54, 1.807) is 0 Å². The zero-order valence-corrected chi connectivity index (χ0v) is 8.14. The first-order valence-corrected chi connectivity index (χ1v) is 4.19. The molecular weight excluding hydrogens is 216 g/mol. The van der Waals surface area contributed by atoms with E-state index in [1.807, 2.05) is 0 Å². The molecule has 1 aromatic rings. The SMILES string of the molecule is NNc1ccc([N+](=O)[O-])c(NCC(N)=O)n1. The molecule has 0 aliphatic carbocycles. The maximum absolute atomic E-state index is 10.6. The van der Waals surface area contributed by atoms with E-state index in [2.05, 4.69) is 15.7 Å². The van der Waals surface area contributed by atoms with Crippen LogP contribution in [0.5, 0.6) is 0 Å². The zero-order chi connectivity index (χ0) is 12.1. The van der Waals surface area contributed by atoms with E-state index in [-0.39, 0.29) is 23.9 Å². The number of nitrogens with zero attached hydrogens (tertiary/aromatic N) is 2. The van der Waals surface area contributed by atoms with Crippen LogP contribution in [0.25, 0.3) is 0 Å². The first kappa shape index (κ1) is 11.7. The molecule has 1 heterocycles. The van der Waals surface area contributed by atoms with Crippen molar-refractivity contribution >= 4 is 23.2 Å². The number of nitrogens with two attached hydrogens (primary N) is 2. The molecule has 16 heavy (non-hydrogen) atoms. The van der Waals surface area contributed by atoms with Gasteiger partial charge in [0.25, 0.3) is 0 Å². The molecule has 0 unspecified atom stereocenters. The molecule has 1 rings (SSSR count). The maximum atomic E-state index is 10.6. The van der Waals surface area contributed by atoms with E-state index in [1.165, 1.54) is 12.1 Å². The summed E-state index contributed by atoms with van der Waals surface area (Å²) in [6.07, 6.45) is 0. The van der Waals surface area contributed by atoms with Crippen molar-refractivity contribution < 1.29 is 9.72 Å². The first-order valence-electron chi connectivity index (χ1n) is 4.19. The van der Waals surface area contributed by atoms with Crippen molar-refractivity contribution in [2.24, 2.45) is 11.6 Å². The van der Waals surface area contributed by atoms with Crippen LogP contribution in [0.1, 0.15) is 0 Å². The molecule has 9 heteroatoms. The normalized spacial score (nSPS) is 9.56. The van der Waals surface area contributed by atoms with Crippen LogP contribution >= 0.6 is 0 Å². The number of nitro groups is 1. The number of hydrogen-bond donors (Lipinski definition) is 4. The monoisotopic (exact) mass is 226 g/mol. The first-order chi connectivity index (χ1) is 7.54. The molecule has 0 fully saturated rings. The van der Waals surface area contributed by atoms with Crippen molar-refractivity contribution in [1.82, 2.24) is 4.98 Å². The standard InChI is InChI=1S/C7H10N6O3/c8-5(14)3-10-7-4(13(15)16)1-2-6(11-7)12-9/h1-2H,3,9H2,(H2,8,14)(H2,10,11,12). The number of pyridine rings is 1. The fourth-order valence-corrected chi connectivity index (χ4v) is 0.980. The maximum Gasteiger partial charge on any atom is 0.311 e. The van der Waals surface area contributed by atoms with Gasteiger partial charge in [-0.25, -0.2) is 10.8 Å². The summed E-state index contributed by atoms with van der Waals surface area (Å²) < 4.78 is 0. The fraction of sp³-hybridized carbons (Fsp3) is 0.143. The molecule has 0 saturated heterocycles. The van der Waals surface area contributed by atoms with E-state index < -0.39 is 10.8 Å². The number of aromatic nitrogens is 1. The fourth-order valence-electron chi connectivity index (χ4n) is 0.980. The Labute approximate surface area is 89.9 Å². The van der Waals surface area contributed by atoms with E-state index in [0.29, 0.717) is 0 Å². The Balaban J connectivity index is 3.00. The summed E-state index contributed by atoms with van der Waals surface area (Å²) in [7, 11) is 0. The summed E-state index contributed by atoms with van der Waals surface area (Å²) in [5, 5.41) is 13.1. The predicted octanol–water partition coefficient (Wildman–Crippen LogP) is -0.827. The molecule has 0 bridgehead atoms. The number of rotatable bonds is 5.